The van der Waals surface area contributed by atoms with Crippen molar-refractivity contribution in [3.63, 3.8) is 0 Å². The first-order chi connectivity index (χ1) is 9.20. The fourth-order valence-corrected chi connectivity index (χ4v) is 1.73. The molecule has 1 aromatic carbocycles. The van der Waals surface area contributed by atoms with Crippen LogP contribution in [0.15, 0.2) is 42.7 Å². The number of aromatic nitrogens is 1. The summed E-state index contributed by atoms with van der Waals surface area (Å²) in [6.07, 6.45) is 3.52. The molecule has 0 radical (unpaired) electrons. The zero-order valence-corrected chi connectivity index (χ0v) is 11.2. The van der Waals surface area contributed by atoms with E-state index in [-0.39, 0.29) is 6.04 Å². The lowest BCUT2D eigenvalue weighted by Gasteiger charge is -2.13. The number of rotatable bonds is 5. The number of nitrogens with two attached hydrogens (primary N) is 1. The van der Waals surface area contributed by atoms with E-state index in [9.17, 15) is 0 Å². The Morgan fingerprint density at radius 3 is 2.74 bits per heavy atom. The molecular weight excluding hydrogens is 240 g/mol. The summed E-state index contributed by atoms with van der Waals surface area (Å²) in [5.41, 5.74) is 7.88. The second-order valence-electron chi connectivity index (χ2n) is 4.35. The molecule has 0 aliphatic heterocycles. The van der Waals surface area contributed by atoms with Gasteiger partial charge in [-0.3, -0.25) is 4.98 Å². The fraction of sp³-hybridized carbons (Fsp3) is 0.267. The number of ether oxygens (including phenoxy) is 2. The largest absolute Gasteiger partial charge is 0.493 e. The van der Waals surface area contributed by atoms with Gasteiger partial charge in [-0.05, 0) is 30.7 Å². The highest BCUT2D eigenvalue weighted by atomic mass is 16.5. The van der Waals surface area contributed by atoms with Crippen LogP contribution in [0.4, 0.5) is 0 Å². The Balaban J connectivity index is 2.12. The van der Waals surface area contributed by atoms with E-state index in [1.54, 1.807) is 19.5 Å². The minimum Gasteiger partial charge on any atom is -0.493 e. The van der Waals surface area contributed by atoms with Crippen LogP contribution in [-0.4, -0.2) is 12.1 Å². The third kappa shape index (κ3) is 3.45. The number of hydrogen-bond acceptors (Lipinski definition) is 4. The molecule has 0 amide bonds. The van der Waals surface area contributed by atoms with Crippen molar-refractivity contribution in [3.8, 4) is 11.5 Å². The Bertz CT molecular complexity index is 527. The molecule has 1 aromatic heterocycles. The molecule has 100 valence electrons. The molecule has 4 nitrogen and oxygen atoms in total. The summed E-state index contributed by atoms with van der Waals surface area (Å²) < 4.78 is 11.1. The Morgan fingerprint density at radius 2 is 2.11 bits per heavy atom. The van der Waals surface area contributed by atoms with Gasteiger partial charge in [-0.1, -0.05) is 12.1 Å². The number of methoxy groups -OCH3 is 1. The summed E-state index contributed by atoms with van der Waals surface area (Å²) in [6.45, 7) is 2.40. The van der Waals surface area contributed by atoms with Crippen molar-refractivity contribution in [1.29, 1.82) is 0 Å². The van der Waals surface area contributed by atoms with Gasteiger partial charge in [-0.25, -0.2) is 0 Å². The van der Waals surface area contributed by atoms with Crippen molar-refractivity contribution in [2.24, 2.45) is 5.73 Å². The Hall–Kier alpha value is -2.07. The van der Waals surface area contributed by atoms with Crippen LogP contribution < -0.4 is 15.2 Å². The molecule has 2 aromatic rings. The van der Waals surface area contributed by atoms with Gasteiger partial charge in [-0.15, -0.1) is 0 Å². The van der Waals surface area contributed by atoms with Gasteiger partial charge in [-0.2, -0.15) is 0 Å². The van der Waals surface area contributed by atoms with Crippen LogP contribution in [-0.2, 0) is 6.61 Å². The van der Waals surface area contributed by atoms with E-state index in [1.807, 2.05) is 37.3 Å². The smallest absolute Gasteiger partial charge is 0.161 e. The molecule has 1 atom stereocenters. The lowest BCUT2D eigenvalue weighted by Crippen LogP contribution is -2.05. The highest BCUT2D eigenvalue weighted by Gasteiger charge is 2.08. The van der Waals surface area contributed by atoms with Crippen LogP contribution in [0.5, 0.6) is 11.5 Å². The predicted octanol–water partition coefficient (Wildman–Crippen LogP) is 2.69. The maximum atomic E-state index is 5.85. The molecule has 0 aliphatic rings. The molecule has 1 heterocycles. The summed E-state index contributed by atoms with van der Waals surface area (Å²) in [5.74, 6) is 1.40. The Labute approximate surface area is 113 Å². The van der Waals surface area contributed by atoms with Crippen LogP contribution in [0.1, 0.15) is 24.1 Å². The maximum Gasteiger partial charge on any atom is 0.161 e. The van der Waals surface area contributed by atoms with Crippen molar-refractivity contribution in [3.05, 3.63) is 53.9 Å². The molecule has 2 rings (SSSR count). The third-order valence-electron chi connectivity index (χ3n) is 2.83. The van der Waals surface area contributed by atoms with Crippen LogP contribution in [0.3, 0.4) is 0 Å². The highest BCUT2D eigenvalue weighted by molar-refractivity contribution is 5.43. The van der Waals surface area contributed by atoms with Gasteiger partial charge >= 0.3 is 0 Å². The summed E-state index contributed by atoms with van der Waals surface area (Å²) in [6, 6.07) is 9.56. The second kappa shape index (κ2) is 6.20. The lowest BCUT2D eigenvalue weighted by molar-refractivity contribution is 0.284. The fourth-order valence-electron chi connectivity index (χ4n) is 1.73. The van der Waals surface area contributed by atoms with Gasteiger partial charge in [0.15, 0.2) is 11.5 Å². The van der Waals surface area contributed by atoms with Gasteiger partial charge in [0.25, 0.3) is 0 Å². The van der Waals surface area contributed by atoms with E-state index in [0.29, 0.717) is 18.1 Å². The highest BCUT2D eigenvalue weighted by Crippen LogP contribution is 2.30. The molecule has 19 heavy (non-hydrogen) atoms. The molecule has 0 fully saturated rings. The Kier molecular flexibility index (Phi) is 4.36. The quantitative estimate of drug-likeness (QED) is 0.895. The topological polar surface area (TPSA) is 57.4 Å². The first-order valence-corrected chi connectivity index (χ1v) is 6.16. The average molecular weight is 258 g/mol. The molecule has 0 bridgehead atoms. The molecule has 2 N–H and O–H groups in total. The van der Waals surface area contributed by atoms with Crippen molar-refractivity contribution < 1.29 is 9.47 Å². The maximum absolute atomic E-state index is 5.85. The van der Waals surface area contributed by atoms with Gasteiger partial charge in [0, 0.05) is 24.0 Å². The van der Waals surface area contributed by atoms with Crippen LogP contribution in [0.2, 0.25) is 0 Å². The monoisotopic (exact) mass is 258 g/mol. The number of hydrogen-bond donors (Lipinski definition) is 1. The predicted molar refractivity (Wildman–Crippen MR) is 74.2 cm³/mol. The minimum atomic E-state index is -0.0266. The van der Waals surface area contributed by atoms with E-state index < -0.39 is 0 Å². The summed E-state index contributed by atoms with van der Waals surface area (Å²) >= 11 is 0. The third-order valence-corrected chi connectivity index (χ3v) is 2.83. The molecule has 0 spiro atoms. The van der Waals surface area contributed by atoms with Crippen molar-refractivity contribution in [2.45, 2.75) is 19.6 Å². The van der Waals surface area contributed by atoms with Crippen molar-refractivity contribution in [2.75, 3.05) is 7.11 Å². The van der Waals surface area contributed by atoms with Crippen LogP contribution >= 0.6 is 0 Å². The van der Waals surface area contributed by atoms with Crippen molar-refractivity contribution in [1.82, 2.24) is 4.98 Å². The minimum absolute atomic E-state index is 0.0266. The van der Waals surface area contributed by atoms with Gasteiger partial charge in [0.2, 0.25) is 0 Å². The van der Waals surface area contributed by atoms with E-state index in [1.165, 1.54) is 0 Å². The zero-order valence-electron chi connectivity index (χ0n) is 11.2. The molecule has 0 aliphatic carbocycles. The van der Waals surface area contributed by atoms with E-state index in [0.717, 1.165) is 11.1 Å². The summed E-state index contributed by atoms with van der Waals surface area (Å²) in [7, 11) is 1.62. The number of nitrogens with zero attached hydrogens (tertiary/aromatic N) is 1. The molecule has 4 heteroatoms. The lowest BCUT2D eigenvalue weighted by atomic mass is 10.1. The van der Waals surface area contributed by atoms with E-state index in [4.69, 9.17) is 15.2 Å². The van der Waals surface area contributed by atoms with E-state index in [2.05, 4.69) is 4.98 Å². The van der Waals surface area contributed by atoms with Crippen LogP contribution in [0.25, 0.3) is 0 Å². The first-order valence-electron chi connectivity index (χ1n) is 6.16. The van der Waals surface area contributed by atoms with E-state index >= 15 is 0 Å². The standard InChI is InChI=1S/C15H18N2O2/c1-11(16)13-5-6-14(15(8-13)18-2)19-10-12-4-3-7-17-9-12/h3-9,11H,10,16H2,1-2H3. The summed E-state index contributed by atoms with van der Waals surface area (Å²) in [4.78, 5) is 4.05. The van der Waals surface area contributed by atoms with Gasteiger partial charge < -0.3 is 15.2 Å². The number of benzene rings is 1. The Morgan fingerprint density at radius 1 is 1.26 bits per heavy atom. The SMILES string of the molecule is COc1cc(C(C)N)ccc1OCc1cccnc1. The zero-order chi connectivity index (χ0) is 13.7. The summed E-state index contributed by atoms with van der Waals surface area (Å²) in [5, 5.41) is 0. The first kappa shape index (κ1) is 13.4. The molecule has 0 saturated carbocycles. The van der Waals surface area contributed by atoms with Gasteiger partial charge in [0.1, 0.15) is 6.61 Å². The molecule has 0 saturated heterocycles. The molecular formula is C15H18N2O2. The second-order valence-corrected chi connectivity index (χ2v) is 4.35. The van der Waals surface area contributed by atoms with Crippen molar-refractivity contribution >= 4 is 0 Å². The molecule has 1 unspecified atom stereocenters. The average Bonchev–Trinajstić information content (AvgIpc) is 2.45. The van der Waals surface area contributed by atoms with Crippen LogP contribution in [0, 0.1) is 0 Å². The number of pyridine rings is 1. The van der Waals surface area contributed by atoms with Gasteiger partial charge in [0.05, 0.1) is 7.11 Å². The normalized spacial score (nSPS) is 11.9.